The highest BCUT2D eigenvalue weighted by molar-refractivity contribution is 5.86. The Hall–Kier alpha value is -0.720. The number of carbonyl (C=O) groups excluding carboxylic acids is 1. The third-order valence-electron chi connectivity index (χ3n) is 6.55. The maximum atomic E-state index is 12.4. The van der Waals surface area contributed by atoms with Gasteiger partial charge >= 0.3 is 0 Å². The summed E-state index contributed by atoms with van der Waals surface area (Å²) in [6.07, 6.45) is 4.52. The van der Waals surface area contributed by atoms with Gasteiger partial charge in [-0.2, -0.15) is 0 Å². The van der Waals surface area contributed by atoms with Crippen molar-refractivity contribution in [2.75, 3.05) is 57.3 Å². The highest BCUT2D eigenvalue weighted by atomic mass is 35.5. The van der Waals surface area contributed by atoms with Crippen molar-refractivity contribution in [3.05, 3.63) is 30.3 Å². The maximum Gasteiger partial charge on any atom is 0.223 e. The Morgan fingerprint density at radius 3 is 2.34 bits per heavy atom. The molecule has 1 spiro atoms. The first kappa shape index (κ1) is 26.3. The summed E-state index contributed by atoms with van der Waals surface area (Å²) in [5, 5.41) is 6.60. The lowest BCUT2D eigenvalue weighted by atomic mass is 9.92. The molecular formula is C21H35Cl3N4O. The lowest BCUT2D eigenvalue weighted by molar-refractivity contribution is -0.123. The predicted octanol–water partition coefficient (Wildman–Crippen LogP) is 2.97. The monoisotopic (exact) mass is 464 g/mol. The second kappa shape index (κ2) is 12.2. The smallest absolute Gasteiger partial charge is 0.223 e. The van der Waals surface area contributed by atoms with Crippen molar-refractivity contribution >= 4 is 48.8 Å². The molecule has 2 heterocycles. The minimum Gasteiger partial charge on any atom is -0.369 e. The van der Waals surface area contributed by atoms with E-state index >= 15 is 0 Å². The first-order valence-electron chi connectivity index (χ1n) is 10.3. The second-order valence-corrected chi connectivity index (χ2v) is 8.18. The lowest BCUT2D eigenvalue weighted by Crippen LogP contribution is -2.47. The third kappa shape index (κ3) is 6.63. The van der Waals surface area contributed by atoms with Gasteiger partial charge in [0.1, 0.15) is 0 Å². The van der Waals surface area contributed by atoms with E-state index in [2.05, 4.69) is 50.8 Å². The molecule has 1 aromatic rings. The number of halogens is 3. The van der Waals surface area contributed by atoms with Crippen LogP contribution in [0, 0.1) is 11.3 Å². The first-order valence-corrected chi connectivity index (χ1v) is 10.3. The van der Waals surface area contributed by atoms with Crippen LogP contribution >= 0.6 is 37.2 Å². The molecule has 2 saturated heterocycles. The summed E-state index contributed by atoms with van der Waals surface area (Å²) in [6, 6.07) is 10.7. The van der Waals surface area contributed by atoms with Crippen LogP contribution in [0.3, 0.4) is 0 Å². The standard InChI is InChI=1S/C21H32N4O.3ClH/c26-20(19-17-21(19)7-10-22-11-8-21)23-9-4-12-24-13-15-25(16-14-24)18-5-2-1-3-6-18;;;/h1-3,5-6,19,22H,4,7-17H2,(H,23,26);3*1H. The zero-order valence-corrected chi connectivity index (χ0v) is 19.4. The molecule has 29 heavy (non-hydrogen) atoms. The van der Waals surface area contributed by atoms with Gasteiger partial charge in [-0.25, -0.2) is 0 Å². The molecule has 2 N–H and O–H groups in total. The fourth-order valence-corrected chi connectivity index (χ4v) is 4.70. The molecule has 4 rings (SSSR count). The second-order valence-electron chi connectivity index (χ2n) is 8.18. The van der Waals surface area contributed by atoms with Gasteiger partial charge in [0.15, 0.2) is 0 Å². The van der Waals surface area contributed by atoms with Gasteiger partial charge < -0.3 is 15.5 Å². The summed E-state index contributed by atoms with van der Waals surface area (Å²) in [7, 11) is 0. The summed E-state index contributed by atoms with van der Waals surface area (Å²) < 4.78 is 0. The molecule has 0 radical (unpaired) electrons. The number of anilines is 1. The van der Waals surface area contributed by atoms with E-state index in [-0.39, 0.29) is 37.2 Å². The zero-order valence-electron chi connectivity index (χ0n) is 17.0. The van der Waals surface area contributed by atoms with Gasteiger partial charge in [0.2, 0.25) is 5.91 Å². The average Bonchev–Trinajstić information content (AvgIpc) is 3.39. The number of hydrogen-bond donors (Lipinski definition) is 2. The summed E-state index contributed by atoms with van der Waals surface area (Å²) in [4.78, 5) is 17.4. The van der Waals surface area contributed by atoms with E-state index < -0.39 is 0 Å². The SMILES string of the molecule is Cl.Cl.Cl.O=C(NCCCN1CCN(c2ccccc2)CC1)C1CC12CCNCC2. The van der Waals surface area contributed by atoms with E-state index in [0.717, 1.165) is 65.2 Å². The largest absolute Gasteiger partial charge is 0.369 e. The Labute approximate surface area is 193 Å². The van der Waals surface area contributed by atoms with Gasteiger partial charge in [-0.3, -0.25) is 9.69 Å². The fourth-order valence-electron chi connectivity index (χ4n) is 4.70. The van der Waals surface area contributed by atoms with Crippen LogP contribution in [0.1, 0.15) is 25.7 Å². The summed E-state index contributed by atoms with van der Waals surface area (Å²) in [5.74, 6) is 0.597. The van der Waals surface area contributed by atoms with Gasteiger partial charge in [-0.15, -0.1) is 37.2 Å². The third-order valence-corrected chi connectivity index (χ3v) is 6.55. The van der Waals surface area contributed by atoms with E-state index in [1.807, 2.05) is 0 Å². The van der Waals surface area contributed by atoms with Crippen molar-refractivity contribution in [2.24, 2.45) is 11.3 Å². The summed E-state index contributed by atoms with van der Waals surface area (Å²) in [5.41, 5.74) is 1.68. The van der Waals surface area contributed by atoms with E-state index in [4.69, 9.17) is 0 Å². The van der Waals surface area contributed by atoms with Crippen molar-refractivity contribution in [3.8, 4) is 0 Å². The first-order chi connectivity index (χ1) is 12.8. The van der Waals surface area contributed by atoms with Gasteiger partial charge in [-0.1, -0.05) is 18.2 Å². The lowest BCUT2D eigenvalue weighted by Gasteiger charge is -2.36. The van der Waals surface area contributed by atoms with Gasteiger partial charge in [0.05, 0.1) is 0 Å². The number of rotatable bonds is 6. The van der Waals surface area contributed by atoms with Crippen LogP contribution in [0.2, 0.25) is 0 Å². The number of para-hydroxylation sites is 1. The molecule has 8 heteroatoms. The number of hydrogen-bond acceptors (Lipinski definition) is 4. The van der Waals surface area contributed by atoms with Crippen LogP contribution < -0.4 is 15.5 Å². The molecule has 3 aliphatic rings. The molecule has 0 aromatic heterocycles. The van der Waals surface area contributed by atoms with Crippen LogP contribution in [-0.2, 0) is 4.79 Å². The molecule has 5 nitrogen and oxygen atoms in total. The number of piperazine rings is 1. The minimum absolute atomic E-state index is 0. The fraction of sp³-hybridized carbons (Fsp3) is 0.667. The maximum absolute atomic E-state index is 12.4. The number of piperidine rings is 1. The topological polar surface area (TPSA) is 47.6 Å². The minimum atomic E-state index is 0. The van der Waals surface area contributed by atoms with Crippen molar-refractivity contribution in [2.45, 2.75) is 25.7 Å². The number of amides is 1. The molecule has 3 fully saturated rings. The predicted molar refractivity (Wildman–Crippen MR) is 127 cm³/mol. The van der Waals surface area contributed by atoms with Crippen LogP contribution in [0.5, 0.6) is 0 Å². The van der Waals surface area contributed by atoms with Crippen LogP contribution in [0.15, 0.2) is 30.3 Å². The number of benzene rings is 1. The molecule has 1 saturated carbocycles. The quantitative estimate of drug-likeness (QED) is 0.634. The summed E-state index contributed by atoms with van der Waals surface area (Å²) >= 11 is 0. The number of nitrogens with one attached hydrogen (secondary N) is 2. The molecule has 1 aromatic carbocycles. The molecule has 1 atom stereocenters. The molecule has 1 unspecified atom stereocenters. The van der Waals surface area contributed by atoms with Crippen LogP contribution in [0.4, 0.5) is 5.69 Å². The molecular weight excluding hydrogens is 431 g/mol. The van der Waals surface area contributed by atoms with Crippen molar-refractivity contribution in [3.63, 3.8) is 0 Å². The number of nitrogens with zero attached hydrogens (tertiary/aromatic N) is 2. The molecule has 0 bridgehead atoms. The molecule has 1 aliphatic carbocycles. The van der Waals surface area contributed by atoms with Crippen molar-refractivity contribution in [1.82, 2.24) is 15.5 Å². The normalized spacial score (nSPS) is 22.6. The highest BCUT2D eigenvalue weighted by Crippen LogP contribution is 2.58. The molecule has 1 amide bonds. The Morgan fingerprint density at radius 2 is 1.69 bits per heavy atom. The van der Waals surface area contributed by atoms with E-state index in [0.29, 0.717) is 17.2 Å². The Morgan fingerprint density at radius 1 is 1.03 bits per heavy atom. The Balaban J connectivity index is 0.00000140. The van der Waals surface area contributed by atoms with Crippen molar-refractivity contribution in [1.29, 1.82) is 0 Å². The van der Waals surface area contributed by atoms with E-state index in [1.54, 1.807) is 0 Å². The van der Waals surface area contributed by atoms with E-state index in [9.17, 15) is 4.79 Å². The summed E-state index contributed by atoms with van der Waals surface area (Å²) in [6.45, 7) is 8.48. The van der Waals surface area contributed by atoms with Gasteiger partial charge in [-0.05, 0) is 62.9 Å². The van der Waals surface area contributed by atoms with Crippen LogP contribution in [0.25, 0.3) is 0 Å². The van der Waals surface area contributed by atoms with Crippen molar-refractivity contribution < 1.29 is 4.79 Å². The highest BCUT2D eigenvalue weighted by Gasteiger charge is 2.57. The van der Waals surface area contributed by atoms with E-state index in [1.165, 1.54) is 18.5 Å². The zero-order chi connectivity index (χ0) is 17.8. The molecule has 2 aliphatic heterocycles. The van der Waals surface area contributed by atoms with Gasteiger partial charge in [0.25, 0.3) is 0 Å². The average molecular weight is 466 g/mol. The molecule has 166 valence electrons. The Bertz CT molecular complexity index is 605. The van der Waals surface area contributed by atoms with Crippen LogP contribution in [-0.4, -0.2) is 63.2 Å². The number of carbonyl (C=O) groups is 1. The Kier molecular flexibility index (Phi) is 11.1. The van der Waals surface area contributed by atoms with Gasteiger partial charge in [0, 0.05) is 44.3 Å².